The zero-order valence-corrected chi connectivity index (χ0v) is 17.1. The van der Waals surface area contributed by atoms with E-state index < -0.39 is 0 Å². The van der Waals surface area contributed by atoms with Gasteiger partial charge >= 0.3 is 0 Å². The van der Waals surface area contributed by atoms with Crippen LogP contribution in [-0.2, 0) is 6.54 Å². The van der Waals surface area contributed by atoms with E-state index in [1.54, 1.807) is 36.2 Å². The molecule has 0 saturated heterocycles. The number of nitrogens with zero attached hydrogens (tertiary/aromatic N) is 1. The van der Waals surface area contributed by atoms with Crippen molar-refractivity contribution < 1.29 is 9.59 Å². The van der Waals surface area contributed by atoms with E-state index in [0.29, 0.717) is 23.6 Å². The van der Waals surface area contributed by atoms with Crippen LogP contribution in [0.4, 0.5) is 5.69 Å². The molecule has 0 aliphatic carbocycles. The van der Waals surface area contributed by atoms with Gasteiger partial charge in [-0.15, -0.1) is 0 Å². The Kier molecular flexibility index (Phi) is 6.45. The molecular weight excluding hydrogens is 360 g/mol. The molecule has 0 aliphatic rings. The molecule has 0 radical (unpaired) electrons. The quantitative estimate of drug-likeness (QED) is 0.622. The summed E-state index contributed by atoms with van der Waals surface area (Å²) in [5.74, 6) is 0.0859. The van der Waals surface area contributed by atoms with Crippen LogP contribution in [0.25, 0.3) is 0 Å². The molecule has 0 saturated carbocycles. The number of amides is 2. The summed E-state index contributed by atoms with van der Waals surface area (Å²) in [4.78, 5) is 27.1. The second-order valence-electron chi connectivity index (χ2n) is 7.46. The van der Waals surface area contributed by atoms with Crippen molar-refractivity contribution in [2.75, 3.05) is 12.4 Å². The fourth-order valence-corrected chi connectivity index (χ4v) is 3.10. The smallest absolute Gasteiger partial charge is 0.255 e. The number of anilines is 1. The van der Waals surface area contributed by atoms with Crippen LogP contribution in [0.5, 0.6) is 0 Å². The summed E-state index contributed by atoms with van der Waals surface area (Å²) in [6.45, 7) is 4.77. The SMILES string of the molecule is CC(C)c1ccc(NC(=O)c2cccc(C(=O)N(C)Cc3ccccc3)c2)cc1. The van der Waals surface area contributed by atoms with Crippen molar-refractivity contribution >= 4 is 17.5 Å². The number of benzene rings is 3. The van der Waals surface area contributed by atoms with Gasteiger partial charge in [-0.2, -0.15) is 0 Å². The largest absolute Gasteiger partial charge is 0.337 e. The third-order valence-corrected chi connectivity index (χ3v) is 4.82. The second-order valence-corrected chi connectivity index (χ2v) is 7.46. The maximum absolute atomic E-state index is 12.8. The van der Waals surface area contributed by atoms with Crippen LogP contribution in [0.15, 0.2) is 78.9 Å². The van der Waals surface area contributed by atoms with Crippen LogP contribution in [0.1, 0.15) is 51.6 Å². The van der Waals surface area contributed by atoms with E-state index in [1.165, 1.54) is 5.56 Å². The van der Waals surface area contributed by atoms with E-state index >= 15 is 0 Å². The van der Waals surface area contributed by atoms with E-state index in [-0.39, 0.29) is 11.8 Å². The van der Waals surface area contributed by atoms with E-state index in [2.05, 4.69) is 19.2 Å². The molecular formula is C25H26N2O2. The Bertz CT molecular complexity index is 979. The first-order valence-corrected chi connectivity index (χ1v) is 9.75. The van der Waals surface area contributed by atoms with Gasteiger partial charge in [0.05, 0.1) is 0 Å². The molecule has 0 bridgehead atoms. The molecule has 3 rings (SSSR count). The molecule has 0 unspecified atom stereocenters. The van der Waals surface area contributed by atoms with Gasteiger partial charge in [0.25, 0.3) is 11.8 Å². The lowest BCUT2D eigenvalue weighted by atomic mass is 10.0. The topological polar surface area (TPSA) is 49.4 Å². The highest BCUT2D eigenvalue weighted by Gasteiger charge is 2.15. The number of carbonyl (C=O) groups excluding carboxylic acids is 2. The first kappa shape index (κ1) is 20.3. The van der Waals surface area contributed by atoms with Gasteiger partial charge in [-0.3, -0.25) is 9.59 Å². The number of hydrogen-bond acceptors (Lipinski definition) is 2. The Balaban J connectivity index is 1.69. The minimum atomic E-state index is -0.234. The third kappa shape index (κ3) is 5.32. The van der Waals surface area contributed by atoms with Gasteiger partial charge in [-0.05, 0) is 47.4 Å². The standard InChI is InChI=1S/C25H26N2O2/c1-18(2)20-12-14-23(15-13-20)26-24(28)21-10-7-11-22(16-21)25(29)27(3)17-19-8-5-4-6-9-19/h4-16,18H,17H2,1-3H3,(H,26,28). The summed E-state index contributed by atoms with van der Waals surface area (Å²) in [6.07, 6.45) is 0. The van der Waals surface area contributed by atoms with Gasteiger partial charge < -0.3 is 10.2 Å². The van der Waals surface area contributed by atoms with Crippen LogP contribution < -0.4 is 5.32 Å². The zero-order valence-electron chi connectivity index (χ0n) is 17.1. The van der Waals surface area contributed by atoms with Crippen molar-refractivity contribution in [3.63, 3.8) is 0 Å². The highest BCUT2D eigenvalue weighted by molar-refractivity contribution is 6.06. The van der Waals surface area contributed by atoms with Crippen molar-refractivity contribution in [2.45, 2.75) is 26.3 Å². The summed E-state index contributed by atoms with van der Waals surface area (Å²) in [5, 5.41) is 2.90. The Labute approximate surface area is 172 Å². The molecule has 0 fully saturated rings. The molecule has 0 aliphatic heterocycles. The van der Waals surface area contributed by atoms with Crippen molar-refractivity contribution in [3.8, 4) is 0 Å². The van der Waals surface area contributed by atoms with Gasteiger partial charge in [0, 0.05) is 30.4 Å². The van der Waals surface area contributed by atoms with E-state index in [9.17, 15) is 9.59 Å². The molecule has 148 valence electrons. The molecule has 29 heavy (non-hydrogen) atoms. The van der Waals surface area contributed by atoms with Crippen molar-refractivity contribution in [2.24, 2.45) is 0 Å². The lowest BCUT2D eigenvalue weighted by Crippen LogP contribution is -2.26. The van der Waals surface area contributed by atoms with Crippen LogP contribution in [0.3, 0.4) is 0 Å². The number of rotatable bonds is 6. The van der Waals surface area contributed by atoms with E-state index in [1.807, 2.05) is 54.6 Å². The van der Waals surface area contributed by atoms with Crippen LogP contribution in [-0.4, -0.2) is 23.8 Å². The molecule has 0 atom stereocenters. The Hall–Kier alpha value is -3.40. The lowest BCUT2D eigenvalue weighted by Gasteiger charge is -2.17. The molecule has 1 N–H and O–H groups in total. The van der Waals surface area contributed by atoms with Crippen molar-refractivity contribution in [3.05, 3.63) is 101 Å². The van der Waals surface area contributed by atoms with Gasteiger partial charge in [0.15, 0.2) is 0 Å². The van der Waals surface area contributed by atoms with Crippen molar-refractivity contribution in [1.29, 1.82) is 0 Å². The third-order valence-electron chi connectivity index (χ3n) is 4.82. The minimum Gasteiger partial charge on any atom is -0.337 e. The van der Waals surface area contributed by atoms with Crippen LogP contribution in [0.2, 0.25) is 0 Å². The molecule has 3 aromatic rings. The zero-order chi connectivity index (χ0) is 20.8. The predicted octanol–water partition coefficient (Wildman–Crippen LogP) is 5.33. The molecule has 0 spiro atoms. The predicted molar refractivity (Wildman–Crippen MR) is 117 cm³/mol. The maximum atomic E-state index is 12.8. The maximum Gasteiger partial charge on any atom is 0.255 e. The van der Waals surface area contributed by atoms with Gasteiger partial charge in [-0.25, -0.2) is 0 Å². The number of nitrogens with one attached hydrogen (secondary N) is 1. The second kappa shape index (κ2) is 9.20. The molecule has 4 nitrogen and oxygen atoms in total. The van der Waals surface area contributed by atoms with Crippen LogP contribution >= 0.6 is 0 Å². The summed E-state index contributed by atoms with van der Waals surface area (Å²) in [6, 6.07) is 24.5. The average Bonchev–Trinajstić information content (AvgIpc) is 2.74. The first-order chi connectivity index (χ1) is 13.9. The fourth-order valence-electron chi connectivity index (χ4n) is 3.10. The molecule has 4 heteroatoms. The number of hydrogen-bond donors (Lipinski definition) is 1. The highest BCUT2D eigenvalue weighted by atomic mass is 16.2. The molecule has 0 aromatic heterocycles. The van der Waals surface area contributed by atoms with E-state index in [4.69, 9.17) is 0 Å². The van der Waals surface area contributed by atoms with Gasteiger partial charge in [0.2, 0.25) is 0 Å². The normalized spacial score (nSPS) is 10.6. The van der Waals surface area contributed by atoms with Crippen molar-refractivity contribution in [1.82, 2.24) is 4.90 Å². The van der Waals surface area contributed by atoms with Crippen LogP contribution in [0, 0.1) is 0 Å². The monoisotopic (exact) mass is 386 g/mol. The highest BCUT2D eigenvalue weighted by Crippen LogP contribution is 2.18. The molecule has 3 aromatic carbocycles. The fraction of sp³-hybridized carbons (Fsp3) is 0.200. The number of carbonyl (C=O) groups is 2. The average molecular weight is 386 g/mol. The summed E-state index contributed by atoms with van der Waals surface area (Å²) < 4.78 is 0. The summed E-state index contributed by atoms with van der Waals surface area (Å²) in [5.41, 5.74) is 3.96. The Morgan fingerprint density at radius 2 is 1.52 bits per heavy atom. The Morgan fingerprint density at radius 1 is 0.862 bits per heavy atom. The minimum absolute atomic E-state index is 0.121. The first-order valence-electron chi connectivity index (χ1n) is 9.75. The Morgan fingerprint density at radius 3 is 2.17 bits per heavy atom. The van der Waals surface area contributed by atoms with Gasteiger partial charge in [0.1, 0.15) is 0 Å². The van der Waals surface area contributed by atoms with Gasteiger partial charge in [-0.1, -0.05) is 62.4 Å². The summed E-state index contributed by atoms with van der Waals surface area (Å²) in [7, 11) is 1.76. The molecule has 0 heterocycles. The molecule has 2 amide bonds. The summed E-state index contributed by atoms with van der Waals surface area (Å²) >= 11 is 0. The van der Waals surface area contributed by atoms with E-state index in [0.717, 1.165) is 11.3 Å². The lowest BCUT2D eigenvalue weighted by molar-refractivity contribution is 0.0785.